The lowest BCUT2D eigenvalue weighted by Gasteiger charge is -2.11. The largest absolute Gasteiger partial charge is 0.309 e. The summed E-state index contributed by atoms with van der Waals surface area (Å²) in [6, 6.07) is 57.6. The molecule has 0 spiro atoms. The second kappa shape index (κ2) is 9.43. The molecule has 0 aliphatic rings. The summed E-state index contributed by atoms with van der Waals surface area (Å²) in [7, 11) is 0. The Morgan fingerprint density at radius 1 is 0.356 bits per heavy atom. The molecule has 0 aliphatic heterocycles. The van der Waals surface area contributed by atoms with Gasteiger partial charge in [-0.05, 0) is 71.8 Å². The van der Waals surface area contributed by atoms with Gasteiger partial charge >= 0.3 is 0 Å². The van der Waals surface area contributed by atoms with Crippen molar-refractivity contribution in [2.45, 2.75) is 0 Å². The van der Waals surface area contributed by atoms with E-state index in [9.17, 15) is 0 Å². The third-order valence-electron chi connectivity index (χ3n) is 9.30. The molecule has 0 N–H and O–H groups in total. The Balaban J connectivity index is 1.19. The molecule has 210 valence electrons. The third-order valence-corrected chi connectivity index (χ3v) is 10.5. The van der Waals surface area contributed by atoms with Gasteiger partial charge in [0, 0.05) is 53.1 Å². The highest BCUT2D eigenvalue weighted by molar-refractivity contribution is 7.26. The second-order valence-electron chi connectivity index (χ2n) is 11.8. The van der Waals surface area contributed by atoms with Crippen molar-refractivity contribution in [3.8, 4) is 22.5 Å². The zero-order valence-corrected chi connectivity index (χ0v) is 25.1. The fraction of sp³-hybridized carbons (Fsp3) is 0. The minimum atomic E-state index is 1.17. The fourth-order valence-electron chi connectivity index (χ4n) is 7.35. The van der Waals surface area contributed by atoms with Gasteiger partial charge in [0.15, 0.2) is 0 Å². The number of fused-ring (bicyclic) bond motifs is 10. The summed E-state index contributed by atoms with van der Waals surface area (Å²) in [6.45, 7) is 0. The van der Waals surface area contributed by atoms with Crippen LogP contribution in [0, 0.1) is 0 Å². The van der Waals surface area contributed by atoms with Gasteiger partial charge in [-0.2, -0.15) is 0 Å². The first-order chi connectivity index (χ1) is 22.3. The van der Waals surface area contributed by atoms with E-state index >= 15 is 0 Å². The van der Waals surface area contributed by atoms with Crippen molar-refractivity contribution in [2.75, 3.05) is 0 Å². The Kier molecular flexibility index (Phi) is 5.19. The molecule has 10 rings (SSSR count). The van der Waals surface area contributed by atoms with Gasteiger partial charge in [0.05, 0.1) is 22.1 Å². The predicted octanol–water partition coefficient (Wildman–Crippen LogP) is 11.9. The molecule has 0 atom stereocenters. The first kappa shape index (κ1) is 24.8. The Morgan fingerprint density at radius 2 is 0.978 bits per heavy atom. The van der Waals surface area contributed by atoms with E-state index in [2.05, 4.69) is 167 Å². The maximum absolute atomic E-state index is 2.44. The van der Waals surface area contributed by atoms with Crippen molar-refractivity contribution in [3.63, 3.8) is 0 Å². The molecule has 3 heterocycles. The summed E-state index contributed by atoms with van der Waals surface area (Å²) in [6.07, 6.45) is 0. The van der Waals surface area contributed by atoms with Gasteiger partial charge in [0.1, 0.15) is 0 Å². The van der Waals surface area contributed by atoms with Crippen LogP contribution in [0.1, 0.15) is 0 Å². The molecule has 3 heteroatoms. The first-order valence-corrected chi connectivity index (χ1v) is 16.2. The number of rotatable bonds is 3. The van der Waals surface area contributed by atoms with Gasteiger partial charge < -0.3 is 9.13 Å². The SMILES string of the molecule is c1ccc(-n2c3ccccc3c3cc(-c4cccc(-n5c6ccccc6c6c7sc8ccccc8c7ccc65)c4)ccc32)cc1. The Labute approximate surface area is 263 Å². The van der Waals surface area contributed by atoms with Crippen molar-refractivity contribution < 1.29 is 0 Å². The van der Waals surface area contributed by atoms with Crippen LogP contribution in [0.2, 0.25) is 0 Å². The number of aromatic nitrogens is 2. The van der Waals surface area contributed by atoms with E-state index < -0.39 is 0 Å². The molecular weight excluding hydrogens is 565 g/mol. The van der Waals surface area contributed by atoms with E-state index in [1.54, 1.807) is 0 Å². The van der Waals surface area contributed by atoms with Gasteiger partial charge in [-0.1, -0.05) is 97.1 Å². The molecule has 0 saturated heterocycles. The van der Waals surface area contributed by atoms with Crippen LogP contribution >= 0.6 is 11.3 Å². The van der Waals surface area contributed by atoms with E-state index in [0.717, 1.165) is 0 Å². The predicted molar refractivity (Wildman–Crippen MR) is 193 cm³/mol. The minimum Gasteiger partial charge on any atom is -0.309 e. The standard InChI is InChI=1S/C42H26N2S/c1-2-12-29(13-3-1)43-36-18-7-4-15-31(36)35-26-28(21-23-38(35)43)27-11-10-14-30(25-27)44-37-19-8-5-17-34(37)41-39(44)24-22-33-32-16-6-9-20-40(32)45-42(33)41/h1-26H. The molecule has 0 radical (unpaired) electrons. The average molecular weight is 591 g/mol. The van der Waals surface area contributed by atoms with Crippen molar-refractivity contribution in [3.05, 3.63) is 158 Å². The van der Waals surface area contributed by atoms with Crippen LogP contribution in [0.25, 0.3) is 86.3 Å². The molecule has 7 aromatic carbocycles. The number of nitrogens with zero attached hydrogens (tertiary/aromatic N) is 2. The van der Waals surface area contributed by atoms with Gasteiger partial charge in [-0.25, -0.2) is 0 Å². The fourth-order valence-corrected chi connectivity index (χ4v) is 8.60. The molecule has 0 unspecified atom stereocenters. The summed E-state index contributed by atoms with van der Waals surface area (Å²) in [5.41, 5.74) is 9.69. The molecule has 2 nitrogen and oxygen atoms in total. The molecule has 0 amide bonds. The first-order valence-electron chi connectivity index (χ1n) is 15.4. The summed E-state index contributed by atoms with van der Waals surface area (Å²) in [4.78, 5) is 0. The second-order valence-corrected chi connectivity index (χ2v) is 12.8. The maximum atomic E-state index is 2.44. The van der Waals surface area contributed by atoms with Crippen LogP contribution in [0.5, 0.6) is 0 Å². The Bertz CT molecular complexity index is 2760. The van der Waals surface area contributed by atoms with E-state index in [1.807, 2.05) is 11.3 Å². The molecule has 0 aliphatic carbocycles. The lowest BCUT2D eigenvalue weighted by molar-refractivity contribution is 1.18. The third kappa shape index (κ3) is 3.56. The lowest BCUT2D eigenvalue weighted by Crippen LogP contribution is -1.94. The number of hydrogen-bond acceptors (Lipinski definition) is 1. The van der Waals surface area contributed by atoms with Crippen LogP contribution in [-0.2, 0) is 0 Å². The van der Waals surface area contributed by atoms with Crippen molar-refractivity contribution in [1.82, 2.24) is 9.13 Å². The summed E-state index contributed by atoms with van der Waals surface area (Å²) >= 11 is 1.90. The highest BCUT2D eigenvalue weighted by atomic mass is 32.1. The van der Waals surface area contributed by atoms with Gasteiger partial charge in [-0.3, -0.25) is 0 Å². The van der Waals surface area contributed by atoms with E-state index in [0.29, 0.717) is 0 Å². The Hall–Kier alpha value is -5.64. The zero-order chi connectivity index (χ0) is 29.5. The quantitative estimate of drug-likeness (QED) is 0.194. The van der Waals surface area contributed by atoms with Crippen molar-refractivity contribution in [2.24, 2.45) is 0 Å². The van der Waals surface area contributed by atoms with Crippen LogP contribution < -0.4 is 0 Å². The highest BCUT2D eigenvalue weighted by Crippen LogP contribution is 2.43. The van der Waals surface area contributed by atoms with Crippen LogP contribution in [0.3, 0.4) is 0 Å². The molecule has 0 saturated carbocycles. The molecule has 0 bridgehead atoms. The van der Waals surface area contributed by atoms with Crippen LogP contribution in [0.15, 0.2) is 158 Å². The number of hydrogen-bond donors (Lipinski definition) is 0. The molecule has 3 aromatic heterocycles. The minimum absolute atomic E-state index is 1.17. The highest BCUT2D eigenvalue weighted by Gasteiger charge is 2.18. The molecule has 45 heavy (non-hydrogen) atoms. The molecule has 10 aromatic rings. The topological polar surface area (TPSA) is 9.86 Å². The van der Waals surface area contributed by atoms with Gasteiger partial charge in [-0.15, -0.1) is 11.3 Å². The Morgan fingerprint density at radius 3 is 1.84 bits per heavy atom. The van der Waals surface area contributed by atoms with E-state index in [1.165, 1.54) is 86.3 Å². The smallest absolute Gasteiger partial charge is 0.0555 e. The van der Waals surface area contributed by atoms with Gasteiger partial charge in [0.25, 0.3) is 0 Å². The van der Waals surface area contributed by atoms with Crippen molar-refractivity contribution >= 4 is 75.1 Å². The number of benzene rings is 7. The molecule has 0 fully saturated rings. The van der Waals surface area contributed by atoms with Crippen molar-refractivity contribution in [1.29, 1.82) is 0 Å². The summed E-state index contributed by atoms with van der Waals surface area (Å²) in [5, 5.41) is 7.84. The van der Waals surface area contributed by atoms with E-state index in [-0.39, 0.29) is 0 Å². The van der Waals surface area contributed by atoms with Crippen LogP contribution in [-0.4, -0.2) is 9.13 Å². The summed E-state index contributed by atoms with van der Waals surface area (Å²) < 4.78 is 7.51. The number of thiophene rings is 1. The normalized spacial score (nSPS) is 12.0. The maximum Gasteiger partial charge on any atom is 0.0555 e. The summed E-state index contributed by atoms with van der Waals surface area (Å²) in [5.74, 6) is 0. The zero-order valence-electron chi connectivity index (χ0n) is 24.3. The monoisotopic (exact) mass is 590 g/mol. The van der Waals surface area contributed by atoms with Crippen LogP contribution in [0.4, 0.5) is 0 Å². The van der Waals surface area contributed by atoms with Gasteiger partial charge in [0.2, 0.25) is 0 Å². The van der Waals surface area contributed by atoms with E-state index in [4.69, 9.17) is 0 Å². The average Bonchev–Trinajstić information content (AvgIpc) is 3.76. The lowest BCUT2D eigenvalue weighted by atomic mass is 10.0. The number of para-hydroxylation sites is 3. The molecular formula is C42H26N2S.